The molecule has 1 heteroatoms. The van der Waals surface area contributed by atoms with Crippen molar-refractivity contribution in [1.29, 1.82) is 0 Å². The molecule has 0 radical (unpaired) electrons. The van der Waals surface area contributed by atoms with Gasteiger partial charge in [0.25, 0.3) is 0 Å². The maximum absolute atomic E-state index is 6.40. The van der Waals surface area contributed by atoms with Gasteiger partial charge in [-0.25, -0.2) is 0 Å². The van der Waals surface area contributed by atoms with E-state index in [1.165, 1.54) is 11.1 Å². The van der Waals surface area contributed by atoms with E-state index in [9.17, 15) is 0 Å². The first-order valence-electron chi connectivity index (χ1n) is 5.87. The van der Waals surface area contributed by atoms with Gasteiger partial charge in [-0.3, -0.25) is 0 Å². The molecule has 0 N–H and O–H groups in total. The molecule has 0 aromatic heterocycles. The van der Waals surface area contributed by atoms with E-state index < -0.39 is 0 Å². The van der Waals surface area contributed by atoms with E-state index in [0.717, 1.165) is 12.8 Å². The van der Waals surface area contributed by atoms with Gasteiger partial charge >= 0.3 is 0 Å². The summed E-state index contributed by atoms with van der Waals surface area (Å²) in [5, 5.41) is 0. The molecule has 15 heavy (non-hydrogen) atoms. The average molecular weight is 206 g/mol. The molecule has 2 aliphatic carbocycles. The molecule has 84 valence electrons. The van der Waals surface area contributed by atoms with Crippen LogP contribution < -0.4 is 0 Å². The fourth-order valence-corrected chi connectivity index (χ4v) is 2.77. The monoisotopic (exact) mass is 206 g/mol. The van der Waals surface area contributed by atoms with Crippen LogP contribution in [-0.2, 0) is 4.74 Å². The molecule has 4 atom stereocenters. The molecule has 2 rings (SSSR count). The van der Waals surface area contributed by atoms with E-state index in [1.807, 2.05) is 0 Å². The lowest BCUT2D eigenvalue weighted by Gasteiger charge is -2.27. The molecule has 2 fully saturated rings. The Morgan fingerprint density at radius 2 is 1.27 bits per heavy atom. The van der Waals surface area contributed by atoms with Crippen LogP contribution >= 0.6 is 0 Å². The summed E-state index contributed by atoms with van der Waals surface area (Å²) in [4.78, 5) is 0. The standard InChI is InChI=1S/C14H22O/c1-9(2)13(7-11(13)5)15-14(10(3)4)8-12(14)6/h11-12H,1,3,7-8H2,2,4-6H3. The molecule has 2 saturated carbocycles. The summed E-state index contributed by atoms with van der Waals surface area (Å²) in [6, 6.07) is 0. The molecular weight excluding hydrogens is 184 g/mol. The first kappa shape index (κ1) is 10.9. The third-order valence-corrected chi connectivity index (χ3v) is 4.30. The lowest BCUT2D eigenvalue weighted by Crippen LogP contribution is -2.29. The fourth-order valence-electron chi connectivity index (χ4n) is 2.77. The largest absolute Gasteiger partial charge is 0.359 e. The van der Waals surface area contributed by atoms with E-state index in [2.05, 4.69) is 40.9 Å². The van der Waals surface area contributed by atoms with Crippen LogP contribution in [0.25, 0.3) is 0 Å². The summed E-state index contributed by atoms with van der Waals surface area (Å²) in [7, 11) is 0. The molecule has 0 aliphatic heterocycles. The van der Waals surface area contributed by atoms with Gasteiger partial charge in [-0.05, 0) is 49.7 Å². The van der Waals surface area contributed by atoms with E-state index in [4.69, 9.17) is 4.74 Å². The van der Waals surface area contributed by atoms with E-state index >= 15 is 0 Å². The Bertz CT molecular complexity index is 298. The number of hydrogen-bond acceptors (Lipinski definition) is 1. The highest BCUT2D eigenvalue weighted by molar-refractivity contribution is 5.31. The molecule has 0 spiro atoms. The van der Waals surface area contributed by atoms with Gasteiger partial charge in [0.15, 0.2) is 0 Å². The maximum Gasteiger partial charge on any atom is 0.0928 e. The highest BCUT2D eigenvalue weighted by atomic mass is 16.5. The number of ether oxygens (including phenoxy) is 1. The average Bonchev–Trinajstić information content (AvgIpc) is 2.94. The second kappa shape index (κ2) is 2.98. The first-order chi connectivity index (χ1) is 6.85. The highest BCUT2D eigenvalue weighted by Gasteiger charge is 2.63. The van der Waals surface area contributed by atoms with Crippen molar-refractivity contribution in [1.82, 2.24) is 0 Å². The van der Waals surface area contributed by atoms with Crippen molar-refractivity contribution in [3.63, 3.8) is 0 Å². The zero-order valence-corrected chi connectivity index (χ0v) is 10.4. The van der Waals surface area contributed by atoms with Crippen LogP contribution in [0.3, 0.4) is 0 Å². The van der Waals surface area contributed by atoms with Gasteiger partial charge in [0.1, 0.15) is 0 Å². The van der Waals surface area contributed by atoms with Crippen molar-refractivity contribution in [2.75, 3.05) is 0 Å². The fraction of sp³-hybridized carbons (Fsp3) is 0.714. The smallest absolute Gasteiger partial charge is 0.0928 e. The summed E-state index contributed by atoms with van der Waals surface area (Å²) in [6.45, 7) is 16.8. The van der Waals surface area contributed by atoms with E-state index in [0.29, 0.717) is 11.8 Å². The van der Waals surface area contributed by atoms with Crippen molar-refractivity contribution in [2.24, 2.45) is 11.8 Å². The predicted octanol–water partition coefficient (Wildman–Crippen LogP) is 3.71. The molecule has 2 aliphatic rings. The second-order valence-corrected chi connectivity index (χ2v) is 5.65. The van der Waals surface area contributed by atoms with Crippen molar-refractivity contribution in [2.45, 2.75) is 51.7 Å². The van der Waals surface area contributed by atoms with Crippen LogP contribution in [0.15, 0.2) is 24.3 Å². The summed E-state index contributed by atoms with van der Waals surface area (Å²) < 4.78 is 6.40. The van der Waals surface area contributed by atoms with Crippen LogP contribution in [0.1, 0.15) is 40.5 Å². The summed E-state index contributed by atoms with van der Waals surface area (Å²) in [5.74, 6) is 1.25. The van der Waals surface area contributed by atoms with Crippen LogP contribution in [-0.4, -0.2) is 11.2 Å². The lowest BCUT2D eigenvalue weighted by atomic mass is 10.1. The molecule has 0 aromatic rings. The Labute approximate surface area is 93.2 Å². The minimum absolute atomic E-state index is 0.0380. The Balaban J connectivity index is 2.15. The number of rotatable bonds is 4. The van der Waals surface area contributed by atoms with Crippen LogP contribution in [0.4, 0.5) is 0 Å². The van der Waals surface area contributed by atoms with Gasteiger partial charge in [-0.2, -0.15) is 0 Å². The first-order valence-corrected chi connectivity index (χ1v) is 5.87. The minimum Gasteiger partial charge on any atom is -0.359 e. The van der Waals surface area contributed by atoms with Crippen molar-refractivity contribution in [3.05, 3.63) is 24.3 Å². The predicted molar refractivity (Wildman–Crippen MR) is 63.7 cm³/mol. The van der Waals surface area contributed by atoms with Crippen LogP contribution in [0.5, 0.6) is 0 Å². The van der Waals surface area contributed by atoms with Crippen molar-refractivity contribution in [3.8, 4) is 0 Å². The molecule has 0 saturated heterocycles. The highest BCUT2D eigenvalue weighted by Crippen LogP contribution is 2.61. The molecule has 4 unspecified atom stereocenters. The third kappa shape index (κ3) is 1.40. The molecule has 0 amide bonds. The van der Waals surface area contributed by atoms with Gasteiger partial charge in [0.2, 0.25) is 0 Å². The minimum atomic E-state index is -0.0380. The summed E-state index contributed by atoms with van der Waals surface area (Å²) in [6.07, 6.45) is 2.26. The SMILES string of the molecule is C=C(C)C1(OC2(C(=C)C)CC2C)CC1C. The Hall–Kier alpha value is -0.560. The zero-order chi connectivity index (χ0) is 11.4. The maximum atomic E-state index is 6.40. The van der Waals surface area contributed by atoms with Crippen LogP contribution in [0, 0.1) is 11.8 Å². The Morgan fingerprint density at radius 3 is 1.40 bits per heavy atom. The van der Waals surface area contributed by atoms with Gasteiger partial charge in [-0.1, -0.05) is 27.0 Å². The third-order valence-electron chi connectivity index (χ3n) is 4.30. The van der Waals surface area contributed by atoms with Crippen LogP contribution in [0.2, 0.25) is 0 Å². The Morgan fingerprint density at radius 1 is 1.00 bits per heavy atom. The van der Waals surface area contributed by atoms with Gasteiger partial charge in [0, 0.05) is 0 Å². The molecule has 0 bridgehead atoms. The van der Waals surface area contributed by atoms with Gasteiger partial charge < -0.3 is 4.74 Å². The normalized spacial score (nSPS) is 47.5. The van der Waals surface area contributed by atoms with E-state index in [-0.39, 0.29) is 11.2 Å². The lowest BCUT2D eigenvalue weighted by molar-refractivity contribution is -0.0219. The zero-order valence-electron chi connectivity index (χ0n) is 10.4. The Kier molecular flexibility index (Phi) is 2.17. The summed E-state index contributed by atoms with van der Waals surface area (Å²) >= 11 is 0. The summed E-state index contributed by atoms with van der Waals surface area (Å²) in [5.41, 5.74) is 2.28. The molecular formula is C14H22O. The van der Waals surface area contributed by atoms with Gasteiger partial charge in [-0.15, -0.1) is 0 Å². The number of hydrogen-bond donors (Lipinski definition) is 0. The van der Waals surface area contributed by atoms with E-state index in [1.54, 1.807) is 0 Å². The molecule has 1 nitrogen and oxygen atoms in total. The van der Waals surface area contributed by atoms with Gasteiger partial charge in [0.05, 0.1) is 11.2 Å². The molecule has 0 aromatic carbocycles. The van der Waals surface area contributed by atoms with Crippen molar-refractivity contribution < 1.29 is 4.74 Å². The van der Waals surface area contributed by atoms with Crippen molar-refractivity contribution >= 4 is 0 Å². The second-order valence-electron chi connectivity index (χ2n) is 5.65. The topological polar surface area (TPSA) is 9.23 Å². The quantitative estimate of drug-likeness (QED) is 0.637. The molecule has 0 heterocycles.